The molecule has 0 amide bonds. The zero-order valence-electron chi connectivity index (χ0n) is 8.02. The lowest BCUT2D eigenvalue weighted by molar-refractivity contribution is 0.0311. The molecule has 2 nitrogen and oxygen atoms in total. The Morgan fingerprint density at radius 1 is 1.36 bits per heavy atom. The molecule has 0 unspecified atom stereocenters. The molecule has 1 aromatic rings. The maximum Gasteiger partial charge on any atom is 0.0882 e. The second-order valence-corrected chi connectivity index (χ2v) is 3.06. The third kappa shape index (κ3) is 4.08. The number of terminal acetylenes is 1. The molecule has 74 valence electrons. The summed E-state index contributed by atoms with van der Waals surface area (Å²) in [5.41, 5.74) is 1.10. The quantitative estimate of drug-likeness (QED) is 0.714. The van der Waals surface area contributed by atoms with Crippen LogP contribution in [-0.2, 0) is 11.3 Å². The normalized spacial score (nSPS) is 12.0. The van der Waals surface area contributed by atoms with Gasteiger partial charge in [0.1, 0.15) is 0 Å². The first-order chi connectivity index (χ1) is 6.83. The standard InChI is InChI=1S/C12H14O2/c1-2-6-12(13)10-14-9-11-7-4-3-5-8-11/h1,3-5,7-8,12-13H,6,9-10H2/t12-/m0/s1. The Morgan fingerprint density at radius 2 is 2.07 bits per heavy atom. The first-order valence-electron chi connectivity index (χ1n) is 4.56. The van der Waals surface area contributed by atoms with Crippen molar-refractivity contribution in [3.05, 3.63) is 35.9 Å². The van der Waals surface area contributed by atoms with Crippen molar-refractivity contribution in [3.63, 3.8) is 0 Å². The Labute approximate surface area is 84.5 Å². The van der Waals surface area contributed by atoms with Crippen LogP contribution in [0.4, 0.5) is 0 Å². The maximum absolute atomic E-state index is 9.26. The number of ether oxygens (including phenoxy) is 1. The summed E-state index contributed by atoms with van der Waals surface area (Å²) in [6.45, 7) is 0.807. The van der Waals surface area contributed by atoms with Gasteiger partial charge in [0, 0.05) is 6.42 Å². The Bertz CT molecular complexity index is 287. The highest BCUT2D eigenvalue weighted by Gasteiger charge is 2.01. The van der Waals surface area contributed by atoms with Crippen LogP contribution in [0.25, 0.3) is 0 Å². The van der Waals surface area contributed by atoms with Gasteiger partial charge in [-0.05, 0) is 5.56 Å². The monoisotopic (exact) mass is 190 g/mol. The summed E-state index contributed by atoms with van der Waals surface area (Å²) < 4.78 is 5.29. The molecule has 0 aromatic heterocycles. The van der Waals surface area contributed by atoms with Crippen LogP contribution in [0.2, 0.25) is 0 Å². The number of aliphatic hydroxyl groups is 1. The SMILES string of the molecule is C#CC[C@H](O)COCc1ccccc1. The van der Waals surface area contributed by atoms with Crippen molar-refractivity contribution in [3.8, 4) is 12.3 Å². The summed E-state index contributed by atoms with van der Waals surface area (Å²) in [6.07, 6.45) is 4.84. The molecule has 0 saturated carbocycles. The zero-order chi connectivity index (χ0) is 10.2. The van der Waals surface area contributed by atoms with E-state index in [0.29, 0.717) is 19.6 Å². The van der Waals surface area contributed by atoms with Crippen molar-refractivity contribution in [1.82, 2.24) is 0 Å². The van der Waals surface area contributed by atoms with Crippen molar-refractivity contribution in [2.45, 2.75) is 19.1 Å². The molecule has 2 heteroatoms. The fraction of sp³-hybridized carbons (Fsp3) is 0.333. The van der Waals surface area contributed by atoms with Gasteiger partial charge in [-0.25, -0.2) is 0 Å². The minimum atomic E-state index is -0.552. The molecule has 1 aromatic carbocycles. The van der Waals surface area contributed by atoms with E-state index in [0.717, 1.165) is 5.56 Å². The van der Waals surface area contributed by atoms with Crippen molar-refractivity contribution in [1.29, 1.82) is 0 Å². The van der Waals surface area contributed by atoms with E-state index in [2.05, 4.69) is 5.92 Å². The molecule has 1 N–H and O–H groups in total. The summed E-state index contributed by atoms with van der Waals surface area (Å²) in [6, 6.07) is 9.82. The Hall–Kier alpha value is -1.30. The highest BCUT2D eigenvalue weighted by molar-refractivity contribution is 5.13. The molecule has 0 saturated heterocycles. The van der Waals surface area contributed by atoms with E-state index in [1.54, 1.807) is 0 Å². The molecule has 1 rings (SSSR count). The van der Waals surface area contributed by atoms with Crippen LogP contribution in [0, 0.1) is 12.3 Å². The van der Waals surface area contributed by atoms with Gasteiger partial charge in [0.15, 0.2) is 0 Å². The molecular formula is C12H14O2. The van der Waals surface area contributed by atoms with Crippen LogP contribution in [0.3, 0.4) is 0 Å². The van der Waals surface area contributed by atoms with Gasteiger partial charge in [0.25, 0.3) is 0 Å². The molecule has 1 atom stereocenters. The fourth-order valence-electron chi connectivity index (χ4n) is 1.08. The molecule has 0 heterocycles. The largest absolute Gasteiger partial charge is 0.390 e. The smallest absolute Gasteiger partial charge is 0.0882 e. The second kappa shape index (κ2) is 6.20. The lowest BCUT2D eigenvalue weighted by Crippen LogP contribution is -2.14. The van der Waals surface area contributed by atoms with Gasteiger partial charge in [-0.15, -0.1) is 12.3 Å². The van der Waals surface area contributed by atoms with E-state index in [9.17, 15) is 5.11 Å². The summed E-state index contributed by atoms with van der Waals surface area (Å²) in [5, 5.41) is 9.26. The van der Waals surface area contributed by atoms with Crippen LogP contribution in [0.5, 0.6) is 0 Å². The topological polar surface area (TPSA) is 29.5 Å². The summed E-state index contributed by atoms with van der Waals surface area (Å²) in [4.78, 5) is 0. The van der Waals surface area contributed by atoms with E-state index in [4.69, 9.17) is 11.2 Å². The second-order valence-electron chi connectivity index (χ2n) is 3.06. The van der Waals surface area contributed by atoms with Crippen LogP contribution < -0.4 is 0 Å². The molecule has 0 fully saturated rings. The molecule has 0 aliphatic rings. The predicted molar refractivity (Wildman–Crippen MR) is 55.6 cm³/mol. The Morgan fingerprint density at radius 3 is 2.71 bits per heavy atom. The lowest BCUT2D eigenvalue weighted by atomic mass is 10.2. The van der Waals surface area contributed by atoms with E-state index < -0.39 is 6.10 Å². The van der Waals surface area contributed by atoms with Gasteiger partial charge in [0.05, 0.1) is 19.3 Å². The summed E-state index contributed by atoms with van der Waals surface area (Å²) in [7, 11) is 0. The highest BCUT2D eigenvalue weighted by Crippen LogP contribution is 2.01. The Kier molecular flexibility index (Phi) is 4.77. The third-order valence-electron chi connectivity index (χ3n) is 1.78. The van der Waals surface area contributed by atoms with E-state index >= 15 is 0 Å². The predicted octanol–water partition coefficient (Wildman–Crippen LogP) is 1.59. The molecule has 0 radical (unpaired) electrons. The van der Waals surface area contributed by atoms with Gasteiger partial charge in [-0.3, -0.25) is 0 Å². The van der Waals surface area contributed by atoms with Gasteiger partial charge in [-0.2, -0.15) is 0 Å². The Balaban J connectivity index is 2.19. The molecule has 0 spiro atoms. The number of rotatable bonds is 5. The van der Waals surface area contributed by atoms with Gasteiger partial charge >= 0.3 is 0 Å². The third-order valence-corrected chi connectivity index (χ3v) is 1.78. The summed E-state index contributed by atoms with van der Waals surface area (Å²) in [5.74, 6) is 2.39. The van der Waals surface area contributed by atoms with Crippen molar-refractivity contribution in [2.75, 3.05) is 6.61 Å². The number of aliphatic hydroxyl groups excluding tert-OH is 1. The average molecular weight is 190 g/mol. The molecule has 14 heavy (non-hydrogen) atoms. The van der Waals surface area contributed by atoms with Crippen LogP contribution in [0.1, 0.15) is 12.0 Å². The molecule has 0 aliphatic heterocycles. The number of hydrogen-bond acceptors (Lipinski definition) is 2. The molecule has 0 bridgehead atoms. The minimum absolute atomic E-state index is 0.291. The van der Waals surface area contributed by atoms with E-state index in [1.165, 1.54) is 0 Å². The van der Waals surface area contributed by atoms with Crippen LogP contribution in [0.15, 0.2) is 30.3 Å². The first-order valence-corrected chi connectivity index (χ1v) is 4.56. The van der Waals surface area contributed by atoms with E-state index in [1.807, 2.05) is 30.3 Å². The average Bonchev–Trinajstić information content (AvgIpc) is 2.20. The van der Waals surface area contributed by atoms with Crippen LogP contribution >= 0.6 is 0 Å². The van der Waals surface area contributed by atoms with E-state index in [-0.39, 0.29) is 0 Å². The fourth-order valence-corrected chi connectivity index (χ4v) is 1.08. The van der Waals surface area contributed by atoms with Gasteiger partial charge in [0.2, 0.25) is 0 Å². The maximum atomic E-state index is 9.26. The van der Waals surface area contributed by atoms with Gasteiger partial charge in [-0.1, -0.05) is 30.3 Å². The first kappa shape index (κ1) is 10.8. The highest BCUT2D eigenvalue weighted by atomic mass is 16.5. The molecular weight excluding hydrogens is 176 g/mol. The summed E-state index contributed by atoms with van der Waals surface area (Å²) >= 11 is 0. The van der Waals surface area contributed by atoms with Crippen molar-refractivity contribution < 1.29 is 9.84 Å². The van der Waals surface area contributed by atoms with Gasteiger partial charge < -0.3 is 9.84 Å². The minimum Gasteiger partial charge on any atom is -0.390 e. The van der Waals surface area contributed by atoms with Crippen molar-refractivity contribution in [2.24, 2.45) is 0 Å². The number of benzene rings is 1. The number of hydrogen-bond donors (Lipinski definition) is 1. The lowest BCUT2D eigenvalue weighted by Gasteiger charge is -2.07. The van der Waals surface area contributed by atoms with Crippen molar-refractivity contribution >= 4 is 0 Å². The zero-order valence-corrected chi connectivity index (χ0v) is 8.02. The van der Waals surface area contributed by atoms with Crippen LogP contribution in [-0.4, -0.2) is 17.8 Å². The molecule has 0 aliphatic carbocycles.